The second-order valence-corrected chi connectivity index (χ2v) is 8.54. The molecule has 0 aliphatic rings. The number of anilines is 2. The van der Waals surface area contributed by atoms with Crippen LogP contribution in [0.5, 0.6) is 0 Å². The molecule has 0 spiro atoms. The average molecular weight is 501 g/mol. The van der Waals surface area contributed by atoms with E-state index in [0.29, 0.717) is 36.7 Å². The fourth-order valence-electron chi connectivity index (χ4n) is 3.91. The van der Waals surface area contributed by atoms with Crippen LogP contribution in [0, 0.1) is 0 Å². The van der Waals surface area contributed by atoms with Gasteiger partial charge in [-0.05, 0) is 61.2 Å². The molecule has 0 saturated carbocycles. The van der Waals surface area contributed by atoms with E-state index >= 15 is 0 Å². The first-order valence-electron chi connectivity index (χ1n) is 12.6. The Balaban J connectivity index is 1.52. The highest BCUT2D eigenvalue weighted by atomic mass is 16.5. The summed E-state index contributed by atoms with van der Waals surface area (Å²) in [5.74, 6) is 0.205. The number of esters is 1. The van der Waals surface area contributed by atoms with Crippen LogP contribution in [0.25, 0.3) is 33.7 Å². The molecule has 3 N–H and O–H groups in total. The fourth-order valence-corrected chi connectivity index (χ4v) is 3.91. The Morgan fingerprint density at radius 2 is 1.78 bits per heavy atom. The van der Waals surface area contributed by atoms with Gasteiger partial charge in [0.25, 0.3) is 0 Å². The summed E-state index contributed by atoms with van der Waals surface area (Å²) in [6.07, 6.45) is 1.73. The molecule has 0 aliphatic carbocycles. The Kier molecular flexibility index (Phi) is 8.75. The molecule has 0 radical (unpaired) electrons. The van der Waals surface area contributed by atoms with Crippen molar-refractivity contribution in [1.82, 2.24) is 10.3 Å². The summed E-state index contributed by atoms with van der Waals surface area (Å²) in [4.78, 5) is 28.6. The van der Waals surface area contributed by atoms with Crippen LogP contribution >= 0.6 is 0 Å². The molecule has 1 heterocycles. The number of carbonyl (C=O) groups excluding carboxylic acids is 2. The van der Waals surface area contributed by atoms with Gasteiger partial charge in [-0.1, -0.05) is 43.3 Å². The lowest BCUT2D eigenvalue weighted by Gasteiger charge is -2.12. The number of hydrogen-bond donors (Lipinski definition) is 3. The van der Waals surface area contributed by atoms with E-state index in [0.717, 1.165) is 40.9 Å². The number of nitrogens with one attached hydrogen (secondary N) is 3. The van der Waals surface area contributed by atoms with Crippen LogP contribution in [0.1, 0.15) is 33.1 Å². The predicted molar refractivity (Wildman–Crippen MR) is 147 cm³/mol. The number of nitrogens with zero attached hydrogens (tertiary/aromatic N) is 1. The third-order valence-electron chi connectivity index (χ3n) is 5.72. The van der Waals surface area contributed by atoms with Crippen molar-refractivity contribution in [1.29, 1.82) is 0 Å². The molecule has 2 amide bonds. The minimum absolute atomic E-state index is 0.264. The van der Waals surface area contributed by atoms with E-state index in [1.807, 2.05) is 54.6 Å². The van der Waals surface area contributed by atoms with Crippen LogP contribution in [0.15, 0.2) is 71.1 Å². The number of rotatable bonds is 11. The number of benzene rings is 3. The summed E-state index contributed by atoms with van der Waals surface area (Å²) >= 11 is 0. The summed E-state index contributed by atoms with van der Waals surface area (Å²) in [5.41, 5.74) is 5.85. The molecule has 8 heteroatoms. The lowest BCUT2D eigenvalue weighted by atomic mass is 10.1. The molecule has 0 saturated heterocycles. The van der Waals surface area contributed by atoms with E-state index in [1.165, 1.54) is 0 Å². The second kappa shape index (κ2) is 12.6. The minimum Gasteiger partial charge on any atom is -0.466 e. The summed E-state index contributed by atoms with van der Waals surface area (Å²) in [7, 11) is 0. The van der Waals surface area contributed by atoms with Gasteiger partial charge in [0, 0.05) is 30.9 Å². The molecule has 4 aromatic rings. The van der Waals surface area contributed by atoms with Crippen LogP contribution in [-0.2, 0) is 9.53 Å². The number of fused-ring (bicyclic) bond motifs is 1. The number of aromatic nitrogens is 1. The number of urea groups is 1. The standard InChI is InChI=1S/C29H32N4O4/c1-3-16-30-24-14-13-22(32-29(35)31-17-8-11-27(34)36-4-2)19-23(24)28-33-25-18-21(12-15-26(25)37-28)20-9-6-5-7-10-20/h5-7,9-10,12-15,18-19,30H,3-4,8,11,16-17H2,1-2H3,(H2,31,32,35). The third-order valence-corrected chi connectivity index (χ3v) is 5.72. The molecular formula is C29H32N4O4. The number of amides is 2. The number of hydrogen-bond acceptors (Lipinski definition) is 6. The SMILES string of the molecule is CCCNc1ccc(NC(=O)NCCCC(=O)OCC)cc1-c1nc2cc(-c3ccccc3)ccc2o1. The van der Waals surface area contributed by atoms with Crippen molar-refractivity contribution in [2.75, 3.05) is 30.3 Å². The highest BCUT2D eigenvalue weighted by molar-refractivity contribution is 5.92. The fraction of sp³-hybridized carbons (Fsp3) is 0.276. The Hall–Kier alpha value is -4.33. The van der Waals surface area contributed by atoms with Gasteiger partial charge in [-0.25, -0.2) is 9.78 Å². The largest absolute Gasteiger partial charge is 0.466 e. The van der Waals surface area contributed by atoms with E-state index in [1.54, 1.807) is 6.92 Å². The number of ether oxygens (including phenoxy) is 1. The molecular weight excluding hydrogens is 468 g/mol. The van der Waals surface area contributed by atoms with Crippen molar-refractivity contribution in [3.05, 3.63) is 66.7 Å². The lowest BCUT2D eigenvalue weighted by Crippen LogP contribution is -2.29. The summed E-state index contributed by atoms with van der Waals surface area (Å²) in [5, 5.41) is 9.03. The maximum Gasteiger partial charge on any atom is 0.319 e. The van der Waals surface area contributed by atoms with Crippen molar-refractivity contribution in [2.45, 2.75) is 33.1 Å². The summed E-state index contributed by atoms with van der Waals surface area (Å²) in [6, 6.07) is 21.3. The van der Waals surface area contributed by atoms with Gasteiger partial charge in [0.15, 0.2) is 5.58 Å². The van der Waals surface area contributed by atoms with Crippen molar-refractivity contribution in [3.63, 3.8) is 0 Å². The van der Waals surface area contributed by atoms with Gasteiger partial charge in [-0.3, -0.25) is 4.79 Å². The monoisotopic (exact) mass is 500 g/mol. The van der Waals surface area contributed by atoms with Crippen molar-refractivity contribution < 1.29 is 18.7 Å². The topological polar surface area (TPSA) is 105 Å². The first kappa shape index (κ1) is 25.8. The van der Waals surface area contributed by atoms with Gasteiger partial charge in [-0.15, -0.1) is 0 Å². The van der Waals surface area contributed by atoms with Gasteiger partial charge in [0.2, 0.25) is 5.89 Å². The molecule has 4 rings (SSSR count). The maximum atomic E-state index is 12.4. The molecule has 1 aromatic heterocycles. The van der Waals surface area contributed by atoms with Gasteiger partial charge in [0.1, 0.15) is 5.52 Å². The van der Waals surface area contributed by atoms with E-state index in [9.17, 15) is 9.59 Å². The van der Waals surface area contributed by atoms with Crippen molar-refractivity contribution >= 4 is 34.5 Å². The highest BCUT2D eigenvalue weighted by Gasteiger charge is 2.15. The zero-order chi connectivity index (χ0) is 26.0. The smallest absolute Gasteiger partial charge is 0.319 e. The predicted octanol–water partition coefficient (Wildman–Crippen LogP) is 6.45. The van der Waals surface area contributed by atoms with Crippen LogP contribution in [-0.4, -0.2) is 36.7 Å². The average Bonchev–Trinajstić information content (AvgIpc) is 3.34. The van der Waals surface area contributed by atoms with Crippen LogP contribution < -0.4 is 16.0 Å². The molecule has 0 fully saturated rings. The Bertz CT molecular complexity index is 1350. The third kappa shape index (κ3) is 6.88. The van der Waals surface area contributed by atoms with Crippen LogP contribution in [0.2, 0.25) is 0 Å². The molecule has 37 heavy (non-hydrogen) atoms. The molecule has 0 unspecified atom stereocenters. The molecule has 0 aliphatic heterocycles. The summed E-state index contributed by atoms with van der Waals surface area (Å²) in [6.45, 7) is 5.37. The Morgan fingerprint density at radius 3 is 2.57 bits per heavy atom. The van der Waals surface area contributed by atoms with Gasteiger partial charge in [-0.2, -0.15) is 0 Å². The van der Waals surface area contributed by atoms with E-state index < -0.39 is 0 Å². The van der Waals surface area contributed by atoms with Crippen molar-refractivity contribution in [3.8, 4) is 22.6 Å². The lowest BCUT2D eigenvalue weighted by molar-refractivity contribution is -0.143. The number of oxazole rings is 1. The van der Waals surface area contributed by atoms with Crippen molar-refractivity contribution in [2.24, 2.45) is 0 Å². The van der Waals surface area contributed by atoms with E-state index in [-0.39, 0.29) is 18.4 Å². The Labute approximate surface area is 216 Å². The molecule has 8 nitrogen and oxygen atoms in total. The van der Waals surface area contributed by atoms with E-state index in [2.05, 4.69) is 35.0 Å². The molecule has 3 aromatic carbocycles. The van der Waals surface area contributed by atoms with Crippen LogP contribution in [0.3, 0.4) is 0 Å². The zero-order valence-corrected chi connectivity index (χ0v) is 21.2. The molecule has 0 bridgehead atoms. The normalized spacial score (nSPS) is 10.8. The van der Waals surface area contributed by atoms with Gasteiger partial charge >= 0.3 is 12.0 Å². The quantitative estimate of drug-likeness (QED) is 0.161. The van der Waals surface area contributed by atoms with Gasteiger partial charge in [0.05, 0.1) is 12.2 Å². The van der Waals surface area contributed by atoms with Crippen LogP contribution in [0.4, 0.5) is 16.2 Å². The number of carbonyl (C=O) groups is 2. The zero-order valence-electron chi connectivity index (χ0n) is 21.2. The maximum absolute atomic E-state index is 12.4. The Morgan fingerprint density at radius 1 is 0.946 bits per heavy atom. The first-order chi connectivity index (χ1) is 18.1. The minimum atomic E-state index is -0.353. The highest BCUT2D eigenvalue weighted by Crippen LogP contribution is 2.34. The molecule has 0 atom stereocenters. The van der Waals surface area contributed by atoms with E-state index in [4.69, 9.17) is 14.1 Å². The second-order valence-electron chi connectivity index (χ2n) is 8.54. The molecule has 192 valence electrons. The first-order valence-corrected chi connectivity index (χ1v) is 12.6. The van der Waals surface area contributed by atoms with Gasteiger partial charge < -0.3 is 25.1 Å². The summed E-state index contributed by atoms with van der Waals surface area (Å²) < 4.78 is 11.0.